The third kappa shape index (κ3) is 3.85. The Balaban J connectivity index is 2.28. The summed E-state index contributed by atoms with van der Waals surface area (Å²) in [6.07, 6.45) is 0. The smallest absolute Gasteiger partial charge is 0.224 e. The van der Waals surface area contributed by atoms with Gasteiger partial charge in [-0.05, 0) is 54.8 Å². The summed E-state index contributed by atoms with van der Waals surface area (Å²) in [5.74, 6) is 0.857. The molecule has 0 unspecified atom stereocenters. The lowest BCUT2D eigenvalue weighted by atomic mass is 10.1. The number of aryl methyl sites for hydroxylation is 2. The van der Waals surface area contributed by atoms with E-state index in [0.29, 0.717) is 6.54 Å². The molecule has 0 N–H and O–H groups in total. The fourth-order valence-corrected chi connectivity index (χ4v) is 2.40. The maximum absolute atomic E-state index is 12.0. The van der Waals surface area contributed by atoms with Crippen LogP contribution in [0.1, 0.15) is 23.6 Å². The lowest BCUT2D eigenvalue weighted by Gasteiger charge is -2.22. The number of amides is 1. The predicted molar refractivity (Wildman–Crippen MR) is 85.8 cm³/mol. The molecule has 0 fully saturated rings. The Morgan fingerprint density at radius 3 is 2.10 bits per heavy atom. The number of anilines is 1. The lowest BCUT2D eigenvalue weighted by Crippen LogP contribution is -2.27. The molecule has 0 aromatic heterocycles. The second kappa shape index (κ2) is 6.44. The molecule has 0 aliphatic carbocycles. The van der Waals surface area contributed by atoms with E-state index in [1.165, 1.54) is 0 Å². The molecule has 3 heteroatoms. The topological polar surface area (TPSA) is 29.5 Å². The second-order valence-electron chi connectivity index (χ2n) is 5.30. The van der Waals surface area contributed by atoms with Gasteiger partial charge in [0.15, 0.2) is 0 Å². The van der Waals surface area contributed by atoms with Crippen LogP contribution in [0.5, 0.6) is 5.75 Å². The van der Waals surface area contributed by atoms with Crippen molar-refractivity contribution in [2.24, 2.45) is 0 Å². The third-order valence-corrected chi connectivity index (χ3v) is 3.40. The minimum atomic E-state index is 0.0378. The average molecular weight is 283 g/mol. The quantitative estimate of drug-likeness (QED) is 0.852. The summed E-state index contributed by atoms with van der Waals surface area (Å²) in [5, 5.41) is 0. The van der Waals surface area contributed by atoms with Crippen molar-refractivity contribution in [2.45, 2.75) is 27.3 Å². The van der Waals surface area contributed by atoms with Crippen LogP contribution in [0.15, 0.2) is 42.5 Å². The Kier molecular flexibility index (Phi) is 4.63. The number of methoxy groups -OCH3 is 1. The van der Waals surface area contributed by atoms with Crippen LogP contribution < -0.4 is 9.64 Å². The zero-order valence-electron chi connectivity index (χ0n) is 13.0. The van der Waals surface area contributed by atoms with Gasteiger partial charge in [-0.15, -0.1) is 0 Å². The van der Waals surface area contributed by atoms with Gasteiger partial charge in [-0.1, -0.05) is 18.2 Å². The molecule has 1 amide bonds. The number of benzene rings is 2. The molecule has 2 aromatic rings. The van der Waals surface area contributed by atoms with Crippen LogP contribution in [-0.4, -0.2) is 13.0 Å². The first kappa shape index (κ1) is 15.1. The molecule has 0 saturated heterocycles. The molecule has 0 radical (unpaired) electrons. The summed E-state index contributed by atoms with van der Waals surface area (Å²) in [4.78, 5) is 13.8. The second-order valence-corrected chi connectivity index (χ2v) is 5.30. The molecular formula is C18H21NO2. The number of hydrogen-bond donors (Lipinski definition) is 0. The van der Waals surface area contributed by atoms with Crippen molar-refractivity contribution in [2.75, 3.05) is 12.0 Å². The SMILES string of the molecule is COc1ccc(CN(C(C)=O)c2cc(C)cc(C)c2)cc1. The number of nitrogens with zero attached hydrogens (tertiary/aromatic N) is 1. The van der Waals surface area contributed by atoms with Gasteiger partial charge in [0, 0.05) is 12.6 Å². The van der Waals surface area contributed by atoms with Crippen molar-refractivity contribution in [1.82, 2.24) is 0 Å². The molecule has 2 rings (SSSR count). The van der Waals surface area contributed by atoms with Gasteiger partial charge in [-0.3, -0.25) is 4.79 Å². The van der Waals surface area contributed by atoms with E-state index in [1.807, 2.05) is 50.2 Å². The van der Waals surface area contributed by atoms with Gasteiger partial charge in [0.05, 0.1) is 13.7 Å². The Bertz CT molecular complexity index is 612. The zero-order valence-corrected chi connectivity index (χ0v) is 13.0. The van der Waals surface area contributed by atoms with Crippen molar-refractivity contribution in [3.05, 3.63) is 59.2 Å². The molecule has 0 bridgehead atoms. The minimum absolute atomic E-state index is 0.0378. The van der Waals surface area contributed by atoms with Crippen LogP contribution in [0.3, 0.4) is 0 Å². The van der Waals surface area contributed by atoms with Gasteiger partial charge in [-0.2, -0.15) is 0 Å². The van der Waals surface area contributed by atoms with E-state index < -0.39 is 0 Å². The molecule has 0 aliphatic heterocycles. The van der Waals surface area contributed by atoms with E-state index >= 15 is 0 Å². The largest absolute Gasteiger partial charge is 0.497 e. The molecule has 2 aromatic carbocycles. The van der Waals surface area contributed by atoms with E-state index in [1.54, 1.807) is 18.9 Å². The summed E-state index contributed by atoms with van der Waals surface area (Å²) in [6.45, 7) is 6.24. The summed E-state index contributed by atoms with van der Waals surface area (Å²) >= 11 is 0. The zero-order chi connectivity index (χ0) is 15.4. The maximum Gasteiger partial charge on any atom is 0.224 e. The molecule has 0 spiro atoms. The van der Waals surface area contributed by atoms with E-state index in [4.69, 9.17) is 4.74 Å². The highest BCUT2D eigenvalue weighted by Gasteiger charge is 2.13. The molecule has 0 aliphatic rings. The highest BCUT2D eigenvalue weighted by molar-refractivity contribution is 5.91. The van der Waals surface area contributed by atoms with Crippen LogP contribution in [0.2, 0.25) is 0 Å². The van der Waals surface area contributed by atoms with Crippen molar-refractivity contribution >= 4 is 11.6 Å². The molecule has 0 heterocycles. The Hall–Kier alpha value is -2.29. The summed E-state index contributed by atoms with van der Waals surface area (Å²) in [6, 6.07) is 14.0. The molecule has 110 valence electrons. The van der Waals surface area contributed by atoms with Crippen molar-refractivity contribution in [1.29, 1.82) is 0 Å². The van der Waals surface area contributed by atoms with Crippen LogP contribution in [0, 0.1) is 13.8 Å². The van der Waals surface area contributed by atoms with Gasteiger partial charge >= 0.3 is 0 Å². The normalized spacial score (nSPS) is 10.3. The highest BCUT2D eigenvalue weighted by atomic mass is 16.5. The van der Waals surface area contributed by atoms with Gasteiger partial charge in [0.2, 0.25) is 5.91 Å². The molecule has 0 saturated carbocycles. The Labute approximate surface area is 126 Å². The number of ether oxygens (including phenoxy) is 1. The fraction of sp³-hybridized carbons (Fsp3) is 0.278. The first-order valence-electron chi connectivity index (χ1n) is 6.99. The highest BCUT2D eigenvalue weighted by Crippen LogP contribution is 2.22. The fourth-order valence-electron chi connectivity index (χ4n) is 2.40. The molecule has 0 atom stereocenters. The van der Waals surface area contributed by atoms with Crippen LogP contribution in [0.4, 0.5) is 5.69 Å². The standard InChI is InChI=1S/C18H21NO2/c1-13-9-14(2)11-17(10-13)19(15(3)20)12-16-5-7-18(21-4)8-6-16/h5-11H,12H2,1-4H3. The van der Waals surface area contributed by atoms with E-state index in [0.717, 1.165) is 28.1 Å². The number of rotatable bonds is 4. The van der Waals surface area contributed by atoms with Crippen molar-refractivity contribution in [3.8, 4) is 5.75 Å². The van der Waals surface area contributed by atoms with E-state index in [9.17, 15) is 4.79 Å². The van der Waals surface area contributed by atoms with Crippen LogP contribution in [-0.2, 0) is 11.3 Å². The first-order valence-corrected chi connectivity index (χ1v) is 6.99. The number of hydrogen-bond acceptors (Lipinski definition) is 2. The van der Waals surface area contributed by atoms with Gasteiger partial charge in [0.25, 0.3) is 0 Å². The summed E-state index contributed by atoms with van der Waals surface area (Å²) in [5.41, 5.74) is 4.33. The Morgan fingerprint density at radius 2 is 1.62 bits per heavy atom. The lowest BCUT2D eigenvalue weighted by molar-refractivity contribution is -0.116. The minimum Gasteiger partial charge on any atom is -0.497 e. The summed E-state index contributed by atoms with van der Waals surface area (Å²) in [7, 11) is 1.65. The van der Waals surface area contributed by atoms with Gasteiger partial charge < -0.3 is 9.64 Å². The monoisotopic (exact) mass is 283 g/mol. The molecule has 3 nitrogen and oxygen atoms in total. The maximum atomic E-state index is 12.0. The molecule has 21 heavy (non-hydrogen) atoms. The third-order valence-electron chi connectivity index (χ3n) is 3.40. The first-order chi connectivity index (χ1) is 9.99. The Morgan fingerprint density at radius 1 is 1.05 bits per heavy atom. The van der Waals surface area contributed by atoms with Crippen LogP contribution in [0.25, 0.3) is 0 Å². The average Bonchev–Trinajstić information content (AvgIpc) is 2.44. The van der Waals surface area contributed by atoms with E-state index in [2.05, 4.69) is 6.07 Å². The van der Waals surface area contributed by atoms with Crippen molar-refractivity contribution in [3.63, 3.8) is 0 Å². The number of carbonyl (C=O) groups is 1. The van der Waals surface area contributed by atoms with Gasteiger partial charge in [-0.25, -0.2) is 0 Å². The van der Waals surface area contributed by atoms with E-state index in [-0.39, 0.29) is 5.91 Å². The van der Waals surface area contributed by atoms with Crippen molar-refractivity contribution < 1.29 is 9.53 Å². The summed E-state index contributed by atoms with van der Waals surface area (Å²) < 4.78 is 5.16. The predicted octanol–water partition coefficient (Wildman–Crippen LogP) is 3.87. The number of carbonyl (C=O) groups excluding carboxylic acids is 1. The van der Waals surface area contributed by atoms with Crippen LogP contribution >= 0.6 is 0 Å². The molecular weight excluding hydrogens is 262 g/mol. The van der Waals surface area contributed by atoms with Gasteiger partial charge in [0.1, 0.15) is 5.75 Å².